The summed E-state index contributed by atoms with van der Waals surface area (Å²) in [5, 5.41) is 7.38. The molecule has 0 saturated carbocycles. The first-order chi connectivity index (χ1) is 9.42. The van der Waals surface area contributed by atoms with Gasteiger partial charge in [0.2, 0.25) is 0 Å². The van der Waals surface area contributed by atoms with Crippen molar-refractivity contribution in [3.8, 4) is 0 Å². The first-order valence-corrected chi connectivity index (χ1v) is 6.65. The van der Waals surface area contributed by atoms with Crippen molar-refractivity contribution >= 4 is 0 Å². The SMILES string of the molecule is c1ccc2c(c1)CC2c1noc(C2CNCCO2)n1. The Morgan fingerprint density at radius 3 is 3.05 bits per heavy atom. The number of hydrogen-bond acceptors (Lipinski definition) is 5. The van der Waals surface area contributed by atoms with Crippen LogP contribution in [0.1, 0.15) is 34.9 Å². The zero-order valence-electron chi connectivity index (χ0n) is 10.5. The Bertz CT molecular complexity index is 590. The van der Waals surface area contributed by atoms with Crippen molar-refractivity contribution in [2.75, 3.05) is 19.7 Å². The van der Waals surface area contributed by atoms with Crippen LogP contribution in [0.2, 0.25) is 0 Å². The first kappa shape index (κ1) is 11.1. The second-order valence-electron chi connectivity index (χ2n) is 5.01. The maximum absolute atomic E-state index is 5.62. The summed E-state index contributed by atoms with van der Waals surface area (Å²) >= 11 is 0. The summed E-state index contributed by atoms with van der Waals surface area (Å²) in [6.45, 7) is 2.31. The number of morpholine rings is 1. The standard InChI is InChI=1S/C14H15N3O2/c1-2-4-10-9(3-1)7-11(10)13-16-14(19-17-13)12-8-15-5-6-18-12/h1-4,11-12,15H,5-8H2. The van der Waals surface area contributed by atoms with Crippen molar-refractivity contribution in [1.82, 2.24) is 15.5 Å². The summed E-state index contributed by atoms with van der Waals surface area (Å²) in [4.78, 5) is 4.51. The molecule has 2 heterocycles. The lowest BCUT2D eigenvalue weighted by molar-refractivity contribution is 0.00755. The fraction of sp³-hybridized carbons (Fsp3) is 0.429. The van der Waals surface area contributed by atoms with Crippen LogP contribution in [0.25, 0.3) is 0 Å². The fourth-order valence-electron chi connectivity index (χ4n) is 2.73. The second kappa shape index (κ2) is 4.43. The molecule has 1 aromatic carbocycles. The van der Waals surface area contributed by atoms with Gasteiger partial charge in [-0.15, -0.1) is 0 Å². The van der Waals surface area contributed by atoms with E-state index in [1.165, 1.54) is 11.1 Å². The molecule has 98 valence electrons. The van der Waals surface area contributed by atoms with E-state index < -0.39 is 0 Å². The van der Waals surface area contributed by atoms with Crippen molar-refractivity contribution < 1.29 is 9.26 Å². The summed E-state index contributed by atoms with van der Waals surface area (Å²) in [5.41, 5.74) is 2.70. The van der Waals surface area contributed by atoms with Crippen LogP contribution in [-0.4, -0.2) is 29.8 Å². The van der Waals surface area contributed by atoms with Gasteiger partial charge in [-0.25, -0.2) is 0 Å². The summed E-state index contributed by atoms with van der Waals surface area (Å²) in [6, 6.07) is 8.41. The van der Waals surface area contributed by atoms with Gasteiger partial charge in [0.05, 0.1) is 12.5 Å². The lowest BCUT2D eigenvalue weighted by Gasteiger charge is -2.27. The lowest BCUT2D eigenvalue weighted by Crippen LogP contribution is -2.33. The molecule has 5 nitrogen and oxygen atoms in total. The number of ether oxygens (including phenoxy) is 1. The fourth-order valence-corrected chi connectivity index (χ4v) is 2.73. The van der Waals surface area contributed by atoms with Gasteiger partial charge in [-0.05, 0) is 17.5 Å². The predicted molar refractivity (Wildman–Crippen MR) is 67.8 cm³/mol. The molecule has 0 radical (unpaired) electrons. The van der Waals surface area contributed by atoms with E-state index in [0.717, 1.165) is 25.3 Å². The monoisotopic (exact) mass is 257 g/mol. The number of aromatic nitrogens is 2. The Labute approximate surface area is 111 Å². The average molecular weight is 257 g/mol. The van der Waals surface area contributed by atoms with E-state index in [9.17, 15) is 0 Å². The van der Waals surface area contributed by atoms with E-state index >= 15 is 0 Å². The number of rotatable bonds is 2. The highest BCUT2D eigenvalue weighted by atomic mass is 16.5. The van der Waals surface area contributed by atoms with Crippen LogP contribution < -0.4 is 5.32 Å². The molecule has 2 unspecified atom stereocenters. The topological polar surface area (TPSA) is 60.2 Å². The zero-order valence-corrected chi connectivity index (χ0v) is 10.5. The van der Waals surface area contributed by atoms with E-state index in [0.29, 0.717) is 12.5 Å². The number of hydrogen-bond donors (Lipinski definition) is 1. The summed E-state index contributed by atoms with van der Waals surface area (Å²) < 4.78 is 11.0. The molecule has 2 aromatic rings. The van der Waals surface area contributed by atoms with Crippen molar-refractivity contribution in [3.05, 3.63) is 47.1 Å². The van der Waals surface area contributed by atoms with Crippen LogP contribution in [0.15, 0.2) is 28.8 Å². The van der Waals surface area contributed by atoms with E-state index in [2.05, 4.69) is 39.7 Å². The third-order valence-electron chi connectivity index (χ3n) is 3.83. The molecular formula is C14H15N3O2. The molecule has 1 aliphatic carbocycles. The molecule has 1 N–H and O–H groups in total. The Morgan fingerprint density at radius 2 is 2.21 bits per heavy atom. The van der Waals surface area contributed by atoms with Crippen molar-refractivity contribution in [2.24, 2.45) is 0 Å². The summed E-state index contributed by atoms with van der Waals surface area (Å²) in [6.07, 6.45) is 0.893. The van der Waals surface area contributed by atoms with E-state index in [4.69, 9.17) is 9.26 Å². The molecule has 1 aromatic heterocycles. The molecule has 2 atom stereocenters. The molecular weight excluding hydrogens is 242 g/mol. The van der Waals surface area contributed by atoms with Crippen LogP contribution >= 0.6 is 0 Å². The smallest absolute Gasteiger partial charge is 0.257 e. The molecule has 4 rings (SSSR count). The van der Waals surface area contributed by atoms with Gasteiger partial charge in [0, 0.05) is 13.1 Å². The van der Waals surface area contributed by atoms with Gasteiger partial charge in [-0.3, -0.25) is 0 Å². The minimum absolute atomic E-state index is 0.106. The first-order valence-electron chi connectivity index (χ1n) is 6.65. The van der Waals surface area contributed by atoms with Crippen molar-refractivity contribution in [3.63, 3.8) is 0 Å². The molecule has 1 aliphatic heterocycles. The lowest BCUT2D eigenvalue weighted by atomic mass is 9.77. The van der Waals surface area contributed by atoms with Crippen LogP contribution in [0.5, 0.6) is 0 Å². The van der Waals surface area contributed by atoms with Gasteiger partial charge in [-0.1, -0.05) is 29.4 Å². The van der Waals surface area contributed by atoms with Crippen molar-refractivity contribution in [2.45, 2.75) is 18.4 Å². The minimum atomic E-state index is -0.106. The normalized spacial score (nSPS) is 25.7. The zero-order chi connectivity index (χ0) is 12.7. The maximum atomic E-state index is 5.62. The molecule has 5 heteroatoms. The Kier molecular flexibility index (Phi) is 2.60. The highest BCUT2D eigenvalue weighted by Gasteiger charge is 2.32. The Balaban J connectivity index is 1.56. The van der Waals surface area contributed by atoms with Gasteiger partial charge in [0.25, 0.3) is 5.89 Å². The summed E-state index contributed by atoms with van der Waals surface area (Å²) in [5.74, 6) is 1.65. The minimum Gasteiger partial charge on any atom is -0.366 e. The highest BCUT2D eigenvalue weighted by Crippen LogP contribution is 2.38. The van der Waals surface area contributed by atoms with Gasteiger partial charge in [0.15, 0.2) is 5.82 Å². The van der Waals surface area contributed by atoms with Crippen LogP contribution in [-0.2, 0) is 11.2 Å². The van der Waals surface area contributed by atoms with Gasteiger partial charge in [-0.2, -0.15) is 4.98 Å². The van der Waals surface area contributed by atoms with E-state index in [-0.39, 0.29) is 12.0 Å². The van der Waals surface area contributed by atoms with Crippen LogP contribution in [0.4, 0.5) is 0 Å². The molecule has 2 aliphatic rings. The Morgan fingerprint density at radius 1 is 1.26 bits per heavy atom. The number of nitrogens with one attached hydrogen (secondary N) is 1. The summed E-state index contributed by atoms with van der Waals surface area (Å²) in [7, 11) is 0. The molecule has 19 heavy (non-hydrogen) atoms. The van der Waals surface area contributed by atoms with Gasteiger partial charge >= 0.3 is 0 Å². The predicted octanol–water partition coefficient (Wildman–Crippen LogP) is 1.42. The van der Waals surface area contributed by atoms with E-state index in [1.807, 2.05) is 0 Å². The second-order valence-corrected chi connectivity index (χ2v) is 5.01. The molecule has 0 amide bonds. The Hall–Kier alpha value is -1.72. The molecule has 1 fully saturated rings. The maximum Gasteiger partial charge on any atom is 0.257 e. The van der Waals surface area contributed by atoms with Gasteiger partial charge < -0.3 is 14.6 Å². The molecule has 1 saturated heterocycles. The third kappa shape index (κ3) is 1.86. The number of fused-ring (bicyclic) bond motifs is 1. The average Bonchev–Trinajstić information content (AvgIpc) is 2.91. The quantitative estimate of drug-likeness (QED) is 0.881. The van der Waals surface area contributed by atoms with Crippen LogP contribution in [0, 0.1) is 0 Å². The highest BCUT2D eigenvalue weighted by molar-refractivity contribution is 5.43. The number of nitrogens with zero attached hydrogens (tertiary/aromatic N) is 2. The molecule has 0 bridgehead atoms. The van der Waals surface area contributed by atoms with Crippen molar-refractivity contribution in [1.29, 1.82) is 0 Å². The van der Waals surface area contributed by atoms with E-state index in [1.54, 1.807) is 0 Å². The number of benzene rings is 1. The van der Waals surface area contributed by atoms with Crippen LogP contribution in [0.3, 0.4) is 0 Å². The van der Waals surface area contributed by atoms with Gasteiger partial charge in [0.1, 0.15) is 6.10 Å². The molecule has 0 spiro atoms. The largest absolute Gasteiger partial charge is 0.366 e. The third-order valence-corrected chi connectivity index (χ3v) is 3.83.